The van der Waals surface area contributed by atoms with E-state index in [9.17, 15) is 19.2 Å². The molecule has 0 amide bonds. The fraction of sp³-hybridized carbons (Fsp3) is 0.556. The maximum atomic E-state index is 11.0. The Hall–Kier alpha value is -1.96. The molecule has 0 fully saturated rings. The summed E-state index contributed by atoms with van der Waals surface area (Å²) in [6.45, 7) is 0. The summed E-state index contributed by atoms with van der Waals surface area (Å²) in [6.07, 6.45) is -1.31. The topological polar surface area (TPSA) is 144 Å². The quantitative estimate of drug-likeness (QED) is 0.388. The van der Waals surface area contributed by atoms with Gasteiger partial charge in [-0.2, -0.15) is 0 Å². The first-order valence-electron chi connectivity index (χ1n) is 4.76. The summed E-state index contributed by atoms with van der Waals surface area (Å²) in [5.41, 5.74) is 5.12. The average Bonchev–Trinajstić information content (AvgIpc) is 2.22. The number of hydrogen-bond acceptors (Lipinski definition) is 6. The molecular formula is C9H13NO7. The fourth-order valence-corrected chi connectivity index (χ4v) is 0.835. The molecule has 0 aliphatic rings. The van der Waals surface area contributed by atoms with Crippen molar-refractivity contribution in [2.24, 2.45) is 5.73 Å². The highest BCUT2D eigenvalue weighted by atomic mass is 16.6. The molecule has 0 aliphatic heterocycles. The van der Waals surface area contributed by atoms with Gasteiger partial charge in [-0.25, -0.2) is 0 Å². The van der Waals surface area contributed by atoms with Gasteiger partial charge in [0.25, 0.3) is 0 Å². The van der Waals surface area contributed by atoms with Crippen LogP contribution in [-0.4, -0.2) is 40.1 Å². The van der Waals surface area contributed by atoms with Gasteiger partial charge >= 0.3 is 23.9 Å². The number of aliphatic carboxylic acids is 2. The van der Waals surface area contributed by atoms with E-state index >= 15 is 0 Å². The summed E-state index contributed by atoms with van der Waals surface area (Å²) < 4.78 is 4.24. The number of carbonyl (C=O) groups excluding carboxylic acids is 2. The number of hydrogen-bond donors (Lipinski definition) is 3. The second-order valence-corrected chi connectivity index (χ2v) is 3.22. The van der Waals surface area contributed by atoms with E-state index in [0.717, 1.165) is 0 Å². The highest BCUT2D eigenvalue weighted by molar-refractivity contribution is 5.87. The maximum Gasteiger partial charge on any atom is 0.320 e. The van der Waals surface area contributed by atoms with Gasteiger partial charge in [-0.15, -0.1) is 0 Å². The second kappa shape index (κ2) is 7.34. The van der Waals surface area contributed by atoms with Crippen LogP contribution in [0.1, 0.15) is 25.7 Å². The van der Waals surface area contributed by atoms with Gasteiger partial charge in [-0.05, 0) is 6.42 Å². The molecule has 1 atom stereocenters. The number of carboxylic acids is 2. The van der Waals surface area contributed by atoms with Crippen LogP contribution in [0, 0.1) is 0 Å². The zero-order valence-electron chi connectivity index (χ0n) is 8.92. The first-order chi connectivity index (χ1) is 7.82. The summed E-state index contributed by atoms with van der Waals surface area (Å²) in [5, 5.41) is 16.7. The third-order valence-electron chi connectivity index (χ3n) is 1.75. The van der Waals surface area contributed by atoms with Crippen LogP contribution in [0.4, 0.5) is 0 Å². The van der Waals surface area contributed by atoms with Crippen molar-refractivity contribution in [3.8, 4) is 0 Å². The molecule has 0 aromatic heterocycles. The van der Waals surface area contributed by atoms with Gasteiger partial charge in [0.05, 0.1) is 12.8 Å². The van der Waals surface area contributed by atoms with Gasteiger partial charge in [-0.3, -0.25) is 19.2 Å². The summed E-state index contributed by atoms with van der Waals surface area (Å²) in [5.74, 6) is -4.31. The molecule has 4 N–H and O–H groups in total. The van der Waals surface area contributed by atoms with E-state index in [1.54, 1.807) is 0 Å². The Labute approximate surface area is 96.3 Å². The van der Waals surface area contributed by atoms with Gasteiger partial charge in [0, 0.05) is 6.42 Å². The van der Waals surface area contributed by atoms with Crippen molar-refractivity contribution < 1.29 is 34.1 Å². The summed E-state index contributed by atoms with van der Waals surface area (Å²) in [4.78, 5) is 42.3. The summed E-state index contributed by atoms with van der Waals surface area (Å²) in [7, 11) is 0. The predicted molar refractivity (Wildman–Crippen MR) is 52.8 cm³/mol. The normalized spacial score (nSPS) is 11.6. The van der Waals surface area contributed by atoms with Crippen molar-refractivity contribution in [1.29, 1.82) is 0 Å². The Bertz CT molecular complexity index is 325. The lowest BCUT2D eigenvalue weighted by atomic mass is 10.2. The summed E-state index contributed by atoms with van der Waals surface area (Å²) >= 11 is 0. The van der Waals surface area contributed by atoms with Crippen molar-refractivity contribution in [3.63, 3.8) is 0 Å². The molecule has 0 aliphatic carbocycles. The standard InChI is InChI=1S/C9H13NO7/c10-5(9(15)16)1-3-7(13)17-8(14)4-2-6(11)12/h5H,1-4,10H2,(H,11,12)(H,15,16)/t5-/m0/s1. The van der Waals surface area contributed by atoms with Crippen LogP contribution >= 0.6 is 0 Å². The second-order valence-electron chi connectivity index (χ2n) is 3.22. The van der Waals surface area contributed by atoms with Gasteiger partial charge in [0.2, 0.25) is 0 Å². The van der Waals surface area contributed by atoms with Crippen LogP contribution in [0.15, 0.2) is 0 Å². The number of carboxylic acid groups (broad SMARTS) is 2. The lowest BCUT2D eigenvalue weighted by molar-refractivity contribution is -0.161. The van der Waals surface area contributed by atoms with E-state index in [4.69, 9.17) is 15.9 Å². The van der Waals surface area contributed by atoms with Crippen LogP contribution in [0.25, 0.3) is 0 Å². The van der Waals surface area contributed by atoms with Crippen molar-refractivity contribution >= 4 is 23.9 Å². The maximum absolute atomic E-state index is 11.0. The van der Waals surface area contributed by atoms with Gasteiger partial charge < -0.3 is 20.7 Å². The Balaban J connectivity index is 3.82. The highest BCUT2D eigenvalue weighted by Gasteiger charge is 2.16. The number of rotatable bonds is 7. The molecule has 8 heteroatoms. The van der Waals surface area contributed by atoms with Crippen LogP contribution < -0.4 is 5.73 Å². The molecule has 0 unspecified atom stereocenters. The van der Waals surface area contributed by atoms with Gasteiger partial charge in [0.1, 0.15) is 6.04 Å². The van der Waals surface area contributed by atoms with Crippen molar-refractivity contribution in [3.05, 3.63) is 0 Å². The molecule has 0 saturated heterocycles. The fourth-order valence-electron chi connectivity index (χ4n) is 0.835. The minimum atomic E-state index is -1.25. The molecule has 0 aromatic carbocycles. The molecular weight excluding hydrogens is 234 g/mol. The van der Waals surface area contributed by atoms with Crippen molar-refractivity contribution in [2.45, 2.75) is 31.7 Å². The number of carbonyl (C=O) groups is 4. The minimum Gasteiger partial charge on any atom is -0.481 e. The largest absolute Gasteiger partial charge is 0.481 e. The van der Waals surface area contributed by atoms with Gasteiger partial charge in [0.15, 0.2) is 0 Å². The van der Waals surface area contributed by atoms with E-state index < -0.39 is 42.8 Å². The number of esters is 2. The smallest absolute Gasteiger partial charge is 0.320 e. The average molecular weight is 247 g/mol. The number of nitrogens with two attached hydrogens (primary N) is 1. The van der Waals surface area contributed by atoms with E-state index in [-0.39, 0.29) is 12.8 Å². The van der Waals surface area contributed by atoms with Crippen LogP contribution in [0.5, 0.6) is 0 Å². The van der Waals surface area contributed by atoms with Gasteiger partial charge in [-0.1, -0.05) is 0 Å². The molecule has 0 bridgehead atoms. The first kappa shape index (κ1) is 15.0. The minimum absolute atomic E-state index is 0.152. The van der Waals surface area contributed by atoms with E-state index in [2.05, 4.69) is 4.74 Å². The van der Waals surface area contributed by atoms with Crippen molar-refractivity contribution in [2.75, 3.05) is 0 Å². The Morgan fingerprint density at radius 1 is 1.00 bits per heavy atom. The van der Waals surface area contributed by atoms with Crippen LogP contribution in [0.3, 0.4) is 0 Å². The molecule has 0 aromatic rings. The first-order valence-corrected chi connectivity index (χ1v) is 4.76. The summed E-state index contributed by atoms with van der Waals surface area (Å²) in [6, 6.07) is -1.20. The van der Waals surface area contributed by atoms with E-state index in [1.807, 2.05) is 0 Å². The Kier molecular flexibility index (Phi) is 6.49. The molecule has 8 nitrogen and oxygen atoms in total. The monoisotopic (exact) mass is 247 g/mol. The molecule has 0 spiro atoms. The van der Waals surface area contributed by atoms with Crippen LogP contribution in [-0.2, 0) is 23.9 Å². The lowest BCUT2D eigenvalue weighted by Gasteiger charge is -2.05. The third-order valence-corrected chi connectivity index (χ3v) is 1.75. The molecule has 0 radical (unpaired) electrons. The highest BCUT2D eigenvalue weighted by Crippen LogP contribution is 2.00. The Morgan fingerprint density at radius 2 is 1.53 bits per heavy atom. The zero-order valence-corrected chi connectivity index (χ0v) is 8.92. The van der Waals surface area contributed by atoms with E-state index in [0.29, 0.717) is 0 Å². The molecule has 17 heavy (non-hydrogen) atoms. The Morgan fingerprint density at radius 3 is 2.00 bits per heavy atom. The molecule has 0 heterocycles. The number of ether oxygens (including phenoxy) is 1. The molecule has 0 rings (SSSR count). The van der Waals surface area contributed by atoms with E-state index in [1.165, 1.54) is 0 Å². The molecule has 0 saturated carbocycles. The SMILES string of the molecule is N[C@@H](CCC(=O)OC(=O)CCC(=O)O)C(=O)O. The third kappa shape index (κ3) is 7.91. The van der Waals surface area contributed by atoms with Crippen molar-refractivity contribution in [1.82, 2.24) is 0 Å². The van der Waals surface area contributed by atoms with Crippen LogP contribution in [0.2, 0.25) is 0 Å². The lowest BCUT2D eigenvalue weighted by Crippen LogP contribution is -2.31. The zero-order chi connectivity index (χ0) is 13.4. The predicted octanol–water partition coefficient (Wildman–Crippen LogP) is -0.887. The molecule has 96 valence electrons.